The molecule has 3 heterocycles. The van der Waals surface area contributed by atoms with Gasteiger partial charge in [0.1, 0.15) is 0 Å². The molecule has 1 aromatic carbocycles. The van der Waals surface area contributed by atoms with Gasteiger partial charge < -0.3 is 15.2 Å². The fourth-order valence-corrected chi connectivity index (χ4v) is 3.25. The van der Waals surface area contributed by atoms with Crippen molar-refractivity contribution < 1.29 is 9.59 Å². The minimum atomic E-state index is -0.0968. The maximum atomic E-state index is 12.5. The van der Waals surface area contributed by atoms with E-state index in [9.17, 15) is 9.59 Å². The highest BCUT2D eigenvalue weighted by molar-refractivity contribution is 5.97. The summed E-state index contributed by atoms with van der Waals surface area (Å²) in [4.78, 5) is 37.9. The molecule has 7 nitrogen and oxygen atoms in total. The number of fused-ring (bicyclic) bond motifs is 1. The highest BCUT2D eigenvalue weighted by Gasteiger charge is 2.24. The molecular formula is C19H19N5O2. The zero-order chi connectivity index (χ0) is 17.9. The molecule has 3 aromatic rings. The monoisotopic (exact) mass is 349 g/mol. The summed E-state index contributed by atoms with van der Waals surface area (Å²) in [7, 11) is 0. The number of carbonyl (C=O) groups is 2. The molecule has 0 bridgehead atoms. The Hall–Kier alpha value is -3.22. The minimum absolute atomic E-state index is 0.0156. The van der Waals surface area contributed by atoms with E-state index < -0.39 is 0 Å². The predicted octanol–water partition coefficient (Wildman–Crippen LogP) is 1.99. The molecule has 0 radical (unpaired) electrons. The van der Waals surface area contributed by atoms with Crippen molar-refractivity contribution in [1.82, 2.24) is 25.2 Å². The van der Waals surface area contributed by atoms with E-state index >= 15 is 0 Å². The lowest BCUT2D eigenvalue weighted by Crippen LogP contribution is -2.46. The lowest BCUT2D eigenvalue weighted by molar-refractivity contribution is 0.0698. The second kappa shape index (κ2) is 6.95. The summed E-state index contributed by atoms with van der Waals surface area (Å²) in [6.07, 6.45) is 6.35. The molecular weight excluding hydrogens is 330 g/mol. The molecule has 1 aliphatic heterocycles. The Balaban J connectivity index is 1.34. The van der Waals surface area contributed by atoms with Crippen LogP contribution in [0.25, 0.3) is 11.0 Å². The second-order valence-electron chi connectivity index (χ2n) is 6.41. The van der Waals surface area contributed by atoms with Crippen LogP contribution in [-0.4, -0.2) is 50.8 Å². The molecule has 4 rings (SSSR count). The van der Waals surface area contributed by atoms with Crippen molar-refractivity contribution in [1.29, 1.82) is 0 Å². The van der Waals surface area contributed by atoms with Crippen molar-refractivity contribution in [2.24, 2.45) is 0 Å². The molecule has 0 unspecified atom stereocenters. The number of aromatic amines is 1. The van der Waals surface area contributed by atoms with E-state index in [1.807, 2.05) is 11.0 Å². The van der Waals surface area contributed by atoms with Crippen molar-refractivity contribution in [3.05, 3.63) is 60.2 Å². The topological polar surface area (TPSA) is 91.0 Å². The van der Waals surface area contributed by atoms with Crippen LogP contribution in [0.1, 0.15) is 33.6 Å². The SMILES string of the molecule is O=C(NC1CCN(C(=O)c2ccncc2)CC1)c1ccc2nc[nH]c2c1. The Morgan fingerprint density at radius 1 is 1.08 bits per heavy atom. The van der Waals surface area contributed by atoms with Crippen LogP contribution in [0.3, 0.4) is 0 Å². The average Bonchev–Trinajstić information content (AvgIpc) is 3.16. The summed E-state index contributed by atoms with van der Waals surface area (Å²) in [5.74, 6) is -0.0812. The third kappa shape index (κ3) is 3.28. The van der Waals surface area contributed by atoms with E-state index in [1.165, 1.54) is 0 Å². The molecule has 1 saturated heterocycles. The Kier molecular flexibility index (Phi) is 4.35. The number of H-pyrrole nitrogens is 1. The summed E-state index contributed by atoms with van der Waals surface area (Å²) in [5, 5.41) is 3.07. The lowest BCUT2D eigenvalue weighted by Gasteiger charge is -2.32. The summed E-state index contributed by atoms with van der Waals surface area (Å²) < 4.78 is 0. The van der Waals surface area contributed by atoms with Crippen LogP contribution in [0, 0.1) is 0 Å². The third-order valence-electron chi connectivity index (χ3n) is 4.73. The van der Waals surface area contributed by atoms with Gasteiger partial charge in [-0.2, -0.15) is 0 Å². The van der Waals surface area contributed by atoms with Crippen molar-refractivity contribution in [2.75, 3.05) is 13.1 Å². The van der Waals surface area contributed by atoms with Gasteiger partial charge in [-0.3, -0.25) is 14.6 Å². The number of piperidine rings is 1. The number of aromatic nitrogens is 3. The quantitative estimate of drug-likeness (QED) is 0.756. The van der Waals surface area contributed by atoms with E-state index in [2.05, 4.69) is 20.3 Å². The molecule has 0 saturated carbocycles. The van der Waals surface area contributed by atoms with E-state index in [1.54, 1.807) is 43.0 Å². The van der Waals surface area contributed by atoms with Gasteiger partial charge in [0.2, 0.25) is 0 Å². The van der Waals surface area contributed by atoms with Gasteiger partial charge in [0.15, 0.2) is 0 Å². The number of nitrogens with zero attached hydrogens (tertiary/aromatic N) is 3. The van der Waals surface area contributed by atoms with Gasteiger partial charge in [0.25, 0.3) is 11.8 Å². The number of hydrogen-bond donors (Lipinski definition) is 2. The number of carbonyl (C=O) groups excluding carboxylic acids is 2. The molecule has 2 amide bonds. The second-order valence-corrected chi connectivity index (χ2v) is 6.41. The molecule has 7 heteroatoms. The van der Waals surface area contributed by atoms with Crippen molar-refractivity contribution in [3.8, 4) is 0 Å². The molecule has 2 aromatic heterocycles. The Morgan fingerprint density at radius 2 is 1.85 bits per heavy atom. The van der Waals surface area contributed by atoms with Crippen LogP contribution in [-0.2, 0) is 0 Å². The highest BCUT2D eigenvalue weighted by Crippen LogP contribution is 2.16. The summed E-state index contributed by atoms with van der Waals surface area (Å²) in [6, 6.07) is 8.93. The minimum Gasteiger partial charge on any atom is -0.349 e. The van der Waals surface area contributed by atoms with E-state index in [0.717, 1.165) is 23.9 Å². The van der Waals surface area contributed by atoms with Gasteiger partial charge in [-0.15, -0.1) is 0 Å². The van der Waals surface area contributed by atoms with E-state index in [-0.39, 0.29) is 17.9 Å². The van der Waals surface area contributed by atoms with Crippen LogP contribution < -0.4 is 5.32 Å². The molecule has 0 atom stereocenters. The highest BCUT2D eigenvalue weighted by atomic mass is 16.2. The molecule has 2 N–H and O–H groups in total. The number of rotatable bonds is 3. The van der Waals surface area contributed by atoms with Crippen molar-refractivity contribution >= 4 is 22.8 Å². The van der Waals surface area contributed by atoms with E-state index in [4.69, 9.17) is 0 Å². The van der Waals surface area contributed by atoms with Crippen molar-refractivity contribution in [2.45, 2.75) is 18.9 Å². The van der Waals surface area contributed by atoms with Crippen LogP contribution in [0.15, 0.2) is 49.1 Å². The maximum absolute atomic E-state index is 12.5. The largest absolute Gasteiger partial charge is 0.349 e. The van der Waals surface area contributed by atoms with Gasteiger partial charge in [0.05, 0.1) is 17.4 Å². The van der Waals surface area contributed by atoms with E-state index in [0.29, 0.717) is 24.2 Å². The number of benzene rings is 1. The first-order valence-corrected chi connectivity index (χ1v) is 8.64. The number of pyridine rings is 1. The number of likely N-dealkylation sites (tertiary alicyclic amines) is 1. The van der Waals surface area contributed by atoms with Gasteiger partial charge in [0, 0.05) is 42.7 Å². The van der Waals surface area contributed by atoms with Crippen molar-refractivity contribution in [3.63, 3.8) is 0 Å². The first-order valence-electron chi connectivity index (χ1n) is 8.64. The third-order valence-corrected chi connectivity index (χ3v) is 4.73. The molecule has 1 fully saturated rings. The van der Waals surface area contributed by atoms with Gasteiger partial charge in [-0.1, -0.05) is 0 Å². The number of nitrogens with one attached hydrogen (secondary N) is 2. The van der Waals surface area contributed by atoms with Crippen LogP contribution in [0.5, 0.6) is 0 Å². The van der Waals surface area contributed by atoms with Crippen LogP contribution >= 0.6 is 0 Å². The molecule has 0 spiro atoms. The Labute approximate surface area is 150 Å². The smallest absolute Gasteiger partial charge is 0.253 e. The summed E-state index contributed by atoms with van der Waals surface area (Å²) in [6.45, 7) is 1.26. The van der Waals surface area contributed by atoms with Crippen LogP contribution in [0.4, 0.5) is 0 Å². The molecule has 26 heavy (non-hydrogen) atoms. The first-order chi connectivity index (χ1) is 12.7. The molecule has 132 valence electrons. The number of amides is 2. The van der Waals surface area contributed by atoms with Gasteiger partial charge in [-0.25, -0.2) is 4.98 Å². The fourth-order valence-electron chi connectivity index (χ4n) is 3.25. The standard InChI is InChI=1S/C19H19N5O2/c25-18(14-1-2-16-17(11-14)22-12-21-16)23-15-5-9-24(10-6-15)19(26)13-3-7-20-8-4-13/h1-4,7-8,11-12,15H,5-6,9-10H2,(H,21,22)(H,23,25). The number of hydrogen-bond acceptors (Lipinski definition) is 4. The van der Waals surface area contributed by atoms with Gasteiger partial charge >= 0.3 is 0 Å². The van der Waals surface area contributed by atoms with Gasteiger partial charge in [-0.05, 0) is 43.2 Å². The lowest BCUT2D eigenvalue weighted by atomic mass is 10.0. The average molecular weight is 349 g/mol. The summed E-state index contributed by atoms with van der Waals surface area (Å²) >= 11 is 0. The zero-order valence-corrected chi connectivity index (χ0v) is 14.2. The summed E-state index contributed by atoms with van der Waals surface area (Å²) in [5.41, 5.74) is 2.94. The zero-order valence-electron chi connectivity index (χ0n) is 14.2. The predicted molar refractivity (Wildman–Crippen MR) is 96.7 cm³/mol. The number of imidazole rings is 1. The maximum Gasteiger partial charge on any atom is 0.253 e. The fraction of sp³-hybridized carbons (Fsp3) is 0.263. The first kappa shape index (κ1) is 16.3. The normalized spacial score (nSPS) is 15.2. The molecule has 1 aliphatic rings. The molecule has 0 aliphatic carbocycles. The Morgan fingerprint density at radius 3 is 2.62 bits per heavy atom. The van der Waals surface area contributed by atoms with Crippen LogP contribution in [0.2, 0.25) is 0 Å². The Bertz CT molecular complexity index is 929.